The van der Waals surface area contributed by atoms with Gasteiger partial charge in [-0.15, -0.1) is 0 Å². The summed E-state index contributed by atoms with van der Waals surface area (Å²) in [5.74, 6) is 0.468. The third-order valence-electron chi connectivity index (χ3n) is 6.98. The molecule has 1 N–H and O–H groups in total. The molecule has 33 heavy (non-hydrogen) atoms. The van der Waals surface area contributed by atoms with Crippen LogP contribution in [0.1, 0.15) is 63.0 Å². The molecule has 6 nitrogen and oxygen atoms in total. The molecule has 0 bridgehead atoms. The lowest BCUT2D eigenvalue weighted by atomic mass is 9.83. The molecule has 1 atom stereocenters. The third kappa shape index (κ3) is 5.94. The van der Waals surface area contributed by atoms with Crippen molar-refractivity contribution in [3.8, 4) is 0 Å². The van der Waals surface area contributed by atoms with Crippen molar-refractivity contribution in [2.45, 2.75) is 62.3 Å². The number of carbonyl (C=O) groups is 1. The topological polar surface area (TPSA) is 79.4 Å². The van der Waals surface area contributed by atoms with Crippen molar-refractivity contribution in [2.75, 3.05) is 13.1 Å². The van der Waals surface area contributed by atoms with Crippen LogP contribution < -0.4 is 5.32 Å². The second-order valence-electron chi connectivity index (χ2n) is 9.18. The van der Waals surface area contributed by atoms with Crippen LogP contribution in [0.4, 0.5) is 0 Å². The monoisotopic (exact) mass is 489 g/mol. The number of pyridine rings is 1. The number of hydrogen-bond acceptors (Lipinski definition) is 4. The molecule has 1 amide bonds. The molecule has 0 unspecified atom stereocenters. The summed E-state index contributed by atoms with van der Waals surface area (Å²) in [4.78, 5) is 17.1. The first-order valence-electron chi connectivity index (χ1n) is 11.9. The van der Waals surface area contributed by atoms with Crippen molar-refractivity contribution in [3.63, 3.8) is 0 Å². The minimum Gasteiger partial charge on any atom is -0.349 e. The molecule has 2 aromatic rings. The average molecular weight is 490 g/mol. The van der Waals surface area contributed by atoms with Crippen LogP contribution in [0.5, 0.6) is 0 Å². The van der Waals surface area contributed by atoms with Crippen molar-refractivity contribution in [3.05, 3.63) is 59.4 Å². The van der Waals surface area contributed by atoms with E-state index in [0.29, 0.717) is 31.8 Å². The van der Waals surface area contributed by atoms with Crippen LogP contribution in [-0.2, 0) is 14.8 Å². The Morgan fingerprint density at radius 1 is 1.03 bits per heavy atom. The highest BCUT2D eigenvalue weighted by Crippen LogP contribution is 2.33. The van der Waals surface area contributed by atoms with Gasteiger partial charge in [-0.1, -0.05) is 74.0 Å². The second-order valence-corrected chi connectivity index (χ2v) is 11.4. The zero-order valence-corrected chi connectivity index (χ0v) is 20.4. The maximum absolute atomic E-state index is 13.2. The summed E-state index contributed by atoms with van der Waals surface area (Å²) in [5.41, 5.74) is 1.14. The van der Waals surface area contributed by atoms with Crippen LogP contribution in [0, 0.1) is 11.8 Å². The van der Waals surface area contributed by atoms with Gasteiger partial charge in [-0.2, -0.15) is 4.31 Å². The molecule has 1 aromatic heterocycles. The summed E-state index contributed by atoms with van der Waals surface area (Å²) in [6.45, 7) is 0.592. The number of rotatable bonds is 7. The van der Waals surface area contributed by atoms with E-state index in [-0.39, 0.29) is 27.9 Å². The Bertz CT molecular complexity index is 1030. The predicted octanol–water partition coefficient (Wildman–Crippen LogP) is 4.96. The molecule has 1 aliphatic heterocycles. The molecule has 1 aliphatic carbocycles. The van der Waals surface area contributed by atoms with E-state index in [1.165, 1.54) is 48.7 Å². The molecule has 178 valence electrons. The number of carbonyl (C=O) groups excluding carboxylic acids is 1. The van der Waals surface area contributed by atoms with Gasteiger partial charge in [0.25, 0.3) is 0 Å². The lowest BCUT2D eigenvalue weighted by Gasteiger charge is -2.32. The van der Waals surface area contributed by atoms with E-state index in [1.807, 2.05) is 18.2 Å². The van der Waals surface area contributed by atoms with Gasteiger partial charge in [0, 0.05) is 25.2 Å². The molecule has 2 fully saturated rings. The summed E-state index contributed by atoms with van der Waals surface area (Å²) < 4.78 is 27.4. The molecule has 1 saturated carbocycles. The second kappa shape index (κ2) is 11.0. The van der Waals surface area contributed by atoms with Crippen LogP contribution in [0.2, 0.25) is 5.15 Å². The predicted molar refractivity (Wildman–Crippen MR) is 129 cm³/mol. The number of benzene rings is 1. The number of hydrogen-bond donors (Lipinski definition) is 1. The highest BCUT2D eigenvalue weighted by atomic mass is 35.5. The Morgan fingerprint density at radius 3 is 2.39 bits per heavy atom. The van der Waals surface area contributed by atoms with Gasteiger partial charge in [-0.3, -0.25) is 4.79 Å². The Hall–Kier alpha value is -1.96. The van der Waals surface area contributed by atoms with Crippen LogP contribution in [0.15, 0.2) is 53.6 Å². The highest BCUT2D eigenvalue weighted by molar-refractivity contribution is 7.89. The van der Waals surface area contributed by atoms with E-state index in [0.717, 1.165) is 12.0 Å². The Kier molecular flexibility index (Phi) is 8.04. The molecule has 2 aliphatic rings. The number of amides is 1. The highest BCUT2D eigenvalue weighted by Gasteiger charge is 2.34. The zero-order chi connectivity index (χ0) is 23.3. The number of nitrogens with zero attached hydrogens (tertiary/aromatic N) is 2. The molecular weight excluding hydrogens is 458 g/mol. The summed E-state index contributed by atoms with van der Waals surface area (Å²) in [6, 6.07) is 13.2. The normalized spacial score (nSPS) is 19.8. The van der Waals surface area contributed by atoms with Gasteiger partial charge in [-0.05, 0) is 42.9 Å². The van der Waals surface area contributed by atoms with E-state index < -0.39 is 10.0 Å². The van der Waals surface area contributed by atoms with E-state index in [9.17, 15) is 13.2 Å². The molecule has 4 rings (SSSR count). The molecule has 8 heteroatoms. The first-order chi connectivity index (χ1) is 15.9. The number of nitrogens with one attached hydrogen (secondary N) is 1. The molecular formula is C25H32ClN3O3S. The SMILES string of the molecule is O=C(N[C@@H](CC1CCCCC1)c1ccccc1)C1CCN(S(=O)(=O)c2cccnc2Cl)CC1. The Morgan fingerprint density at radius 2 is 1.73 bits per heavy atom. The standard InChI is InChI=1S/C25H32ClN3O3S/c26-24-23(12-7-15-27-24)33(31,32)29-16-13-21(14-17-29)25(30)28-22(20-10-5-2-6-11-20)18-19-8-3-1-4-9-19/h2,5-7,10-12,15,19,21-22H,1,3-4,8-9,13-14,16-18H2,(H,28,30)/t22-/m0/s1. The fraction of sp³-hybridized carbons (Fsp3) is 0.520. The summed E-state index contributed by atoms with van der Waals surface area (Å²) >= 11 is 6.02. The van der Waals surface area contributed by atoms with Crippen LogP contribution in [0.3, 0.4) is 0 Å². The van der Waals surface area contributed by atoms with Crippen LogP contribution >= 0.6 is 11.6 Å². The Labute approximate surface area is 201 Å². The Balaban J connectivity index is 1.39. The molecule has 1 aromatic carbocycles. The number of halogens is 1. The van der Waals surface area contributed by atoms with Crippen LogP contribution in [0.25, 0.3) is 0 Å². The summed E-state index contributed by atoms with van der Waals surface area (Å²) in [5, 5.41) is 3.28. The van der Waals surface area contributed by atoms with Crippen LogP contribution in [-0.4, -0.2) is 36.7 Å². The minimum atomic E-state index is -3.72. The largest absolute Gasteiger partial charge is 0.349 e. The number of sulfonamides is 1. The maximum atomic E-state index is 13.2. The molecule has 1 saturated heterocycles. The third-order valence-corrected chi connectivity index (χ3v) is 9.32. The van der Waals surface area contributed by atoms with Crippen molar-refractivity contribution in [1.82, 2.24) is 14.6 Å². The first-order valence-corrected chi connectivity index (χ1v) is 13.7. The van der Waals surface area contributed by atoms with Gasteiger partial charge in [0.05, 0.1) is 6.04 Å². The smallest absolute Gasteiger partial charge is 0.246 e. The number of piperidine rings is 1. The van der Waals surface area contributed by atoms with E-state index in [4.69, 9.17) is 11.6 Å². The van der Waals surface area contributed by atoms with Gasteiger partial charge in [-0.25, -0.2) is 13.4 Å². The van der Waals surface area contributed by atoms with Crippen molar-refractivity contribution < 1.29 is 13.2 Å². The minimum absolute atomic E-state index is 0.00207. The van der Waals surface area contributed by atoms with Gasteiger partial charge in [0.15, 0.2) is 0 Å². The van der Waals surface area contributed by atoms with Gasteiger partial charge in [0.2, 0.25) is 15.9 Å². The van der Waals surface area contributed by atoms with Crippen molar-refractivity contribution in [1.29, 1.82) is 0 Å². The van der Waals surface area contributed by atoms with Crippen molar-refractivity contribution in [2.24, 2.45) is 11.8 Å². The van der Waals surface area contributed by atoms with E-state index >= 15 is 0 Å². The van der Waals surface area contributed by atoms with Gasteiger partial charge in [0.1, 0.15) is 10.0 Å². The molecule has 0 spiro atoms. The lowest BCUT2D eigenvalue weighted by Crippen LogP contribution is -2.44. The van der Waals surface area contributed by atoms with E-state index in [2.05, 4.69) is 22.4 Å². The maximum Gasteiger partial charge on any atom is 0.246 e. The summed E-state index contributed by atoms with van der Waals surface area (Å²) in [6.07, 6.45) is 9.73. The van der Waals surface area contributed by atoms with Crippen molar-refractivity contribution >= 4 is 27.5 Å². The van der Waals surface area contributed by atoms with E-state index in [1.54, 1.807) is 6.07 Å². The lowest BCUT2D eigenvalue weighted by molar-refractivity contribution is -0.127. The fourth-order valence-electron chi connectivity index (χ4n) is 5.07. The molecule has 0 radical (unpaired) electrons. The first kappa shape index (κ1) is 24.2. The summed E-state index contributed by atoms with van der Waals surface area (Å²) in [7, 11) is -3.72. The number of aromatic nitrogens is 1. The average Bonchev–Trinajstić information content (AvgIpc) is 2.85. The molecule has 2 heterocycles. The van der Waals surface area contributed by atoms with Gasteiger partial charge < -0.3 is 5.32 Å². The zero-order valence-electron chi connectivity index (χ0n) is 18.8. The fourth-order valence-corrected chi connectivity index (χ4v) is 6.97. The van der Waals surface area contributed by atoms with Gasteiger partial charge >= 0.3 is 0 Å². The quantitative estimate of drug-likeness (QED) is 0.557.